The van der Waals surface area contributed by atoms with E-state index in [2.05, 4.69) is 15.9 Å². The van der Waals surface area contributed by atoms with Gasteiger partial charge in [-0.25, -0.2) is 0 Å². The van der Waals surface area contributed by atoms with E-state index in [1.54, 1.807) is 6.07 Å². The van der Waals surface area contributed by atoms with E-state index in [4.69, 9.17) is 27.6 Å². The van der Waals surface area contributed by atoms with Crippen molar-refractivity contribution in [3.8, 4) is 0 Å². The van der Waals surface area contributed by atoms with Gasteiger partial charge in [0.15, 0.2) is 5.58 Å². The van der Waals surface area contributed by atoms with Gasteiger partial charge in [-0.1, -0.05) is 23.2 Å². The van der Waals surface area contributed by atoms with E-state index in [1.165, 1.54) is 0 Å². The van der Waals surface area contributed by atoms with E-state index in [0.717, 1.165) is 15.6 Å². The molecule has 0 aliphatic carbocycles. The Labute approximate surface area is 93.7 Å². The van der Waals surface area contributed by atoms with Crippen molar-refractivity contribution in [3.63, 3.8) is 0 Å². The molecule has 0 N–H and O–H groups in total. The molecule has 4 heteroatoms. The molecule has 0 fully saturated rings. The number of hydrogen-bond donors (Lipinski definition) is 0. The summed E-state index contributed by atoms with van der Waals surface area (Å²) in [7, 11) is 0. The van der Waals surface area contributed by atoms with Gasteiger partial charge in [0, 0.05) is 9.86 Å². The standard InChI is InChI=1S/C9H5BrCl2O/c1-4-2-5-8(10)6(11)3-7(12)9(5)13-4/h2-3H,1H3. The zero-order valence-corrected chi connectivity index (χ0v) is 9.79. The summed E-state index contributed by atoms with van der Waals surface area (Å²) in [5, 5.41) is 2.05. The summed E-state index contributed by atoms with van der Waals surface area (Å²) in [4.78, 5) is 0. The molecule has 1 aromatic heterocycles. The molecule has 1 aromatic carbocycles. The first kappa shape index (κ1) is 9.38. The number of fused-ring (bicyclic) bond motifs is 1. The predicted octanol–water partition coefficient (Wildman–Crippen LogP) is 4.81. The lowest BCUT2D eigenvalue weighted by Gasteiger charge is -1.98. The highest BCUT2D eigenvalue weighted by molar-refractivity contribution is 9.10. The van der Waals surface area contributed by atoms with Crippen LogP contribution in [0.25, 0.3) is 11.0 Å². The highest BCUT2D eigenvalue weighted by Gasteiger charge is 2.11. The Morgan fingerprint density at radius 3 is 2.62 bits per heavy atom. The summed E-state index contributed by atoms with van der Waals surface area (Å²) in [5.74, 6) is 0.819. The Kier molecular flexibility index (Phi) is 2.30. The third kappa shape index (κ3) is 1.47. The summed E-state index contributed by atoms with van der Waals surface area (Å²) in [6.45, 7) is 1.87. The minimum Gasteiger partial charge on any atom is -0.460 e. The molecule has 2 aromatic rings. The number of benzene rings is 1. The molecule has 0 saturated carbocycles. The molecular formula is C9H5BrCl2O. The molecule has 68 valence electrons. The second-order valence-corrected chi connectivity index (χ2v) is 4.36. The van der Waals surface area contributed by atoms with Gasteiger partial charge < -0.3 is 4.42 Å². The molecule has 0 spiro atoms. The molecule has 0 radical (unpaired) electrons. The van der Waals surface area contributed by atoms with Crippen LogP contribution in [0.1, 0.15) is 5.76 Å². The summed E-state index contributed by atoms with van der Waals surface area (Å²) in [5.41, 5.74) is 0.676. The van der Waals surface area contributed by atoms with Crippen LogP contribution in [0.4, 0.5) is 0 Å². The van der Waals surface area contributed by atoms with Crippen LogP contribution in [0.2, 0.25) is 10.0 Å². The lowest BCUT2D eigenvalue weighted by atomic mass is 10.2. The monoisotopic (exact) mass is 278 g/mol. The lowest BCUT2D eigenvalue weighted by Crippen LogP contribution is -1.72. The maximum atomic E-state index is 5.95. The molecule has 0 aliphatic rings. The molecule has 0 amide bonds. The molecule has 0 aliphatic heterocycles. The molecule has 0 unspecified atom stereocenters. The van der Waals surface area contributed by atoms with Crippen molar-refractivity contribution in [1.82, 2.24) is 0 Å². The van der Waals surface area contributed by atoms with Crippen LogP contribution >= 0.6 is 39.1 Å². The van der Waals surface area contributed by atoms with Crippen molar-refractivity contribution in [3.05, 3.63) is 32.4 Å². The van der Waals surface area contributed by atoms with Crippen molar-refractivity contribution >= 4 is 50.1 Å². The number of halogens is 3. The maximum Gasteiger partial charge on any atom is 0.154 e. The van der Waals surface area contributed by atoms with E-state index in [9.17, 15) is 0 Å². The molecule has 0 saturated heterocycles. The maximum absolute atomic E-state index is 5.95. The first-order chi connectivity index (χ1) is 6.09. The Hall–Kier alpha value is -0.180. The van der Waals surface area contributed by atoms with E-state index in [1.807, 2.05) is 13.0 Å². The molecule has 0 atom stereocenters. The van der Waals surface area contributed by atoms with Gasteiger partial charge in [0.2, 0.25) is 0 Å². The van der Waals surface area contributed by atoms with Gasteiger partial charge in [-0.3, -0.25) is 0 Å². The van der Waals surface area contributed by atoms with Gasteiger partial charge in [0.25, 0.3) is 0 Å². The van der Waals surface area contributed by atoms with Crippen molar-refractivity contribution in [1.29, 1.82) is 0 Å². The van der Waals surface area contributed by atoms with Gasteiger partial charge in [-0.05, 0) is 35.0 Å². The first-order valence-corrected chi connectivity index (χ1v) is 5.18. The van der Waals surface area contributed by atoms with Crippen LogP contribution in [-0.2, 0) is 0 Å². The van der Waals surface area contributed by atoms with Crippen LogP contribution in [-0.4, -0.2) is 0 Å². The Balaban J connectivity index is 2.95. The first-order valence-electron chi connectivity index (χ1n) is 3.63. The minimum atomic E-state index is 0.538. The van der Waals surface area contributed by atoms with Crippen LogP contribution in [0, 0.1) is 6.92 Å². The second kappa shape index (κ2) is 3.19. The van der Waals surface area contributed by atoms with E-state index < -0.39 is 0 Å². The van der Waals surface area contributed by atoms with Gasteiger partial charge in [0.1, 0.15) is 5.76 Å². The predicted molar refractivity (Wildman–Crippen MR) is 58.7 cm³/mol. The molecule has 0 bridgehead atoms. The largest absolute Gasteiger partial charge is 0.460 e. The normalized spacial score (nSPS) is 11.1. The number of rotatable bonds is 0. The van der Waals surface area contributed by atoms with Crippen molar-refractivity contribution in [2.75, 3.05) is 0 Å². The van der Waals surface area contributed by atoms with Crippen LogP contribution in [0.5, 0.6) is 0 Å². The third-order valence-electron chi connectivity index (χ3n) is 1.77. The van der Waals surface area contributed by atoms with Crippen LogP contribution in [0.3, 0.4) is 0 Å². The summed E-state index contributed by atoms with van der Waals surface area (Å²) in [6.07, 6.45) is 0. The lowest BCUT2D eigenvalue weighted by molar-refractivity contribution is 0.578. The van der Waals surface area contributed by atoms with E-state index >= 15 is 0 Å². The molecule has 1 heterocycles. The second-order valence-electron chi connectivity index (χ2n) is 2.75. The smallest absolute Gasteiger partial charge is 0.154 e. The van der Waals surface area contributed by atoms with Crippen LogP contribution < -0.4 is 0 Å². The molecule has 1 nitrogen and oxygen atoms in total. The highest BCUT2D eigenvalue weighted by Crippen LogP contribution is 2.37. The highest BCUT2D eigenvalue weighted by atomic mass is 79.9. The topological polar surface area (TPSA) is 13.1 Å². The average molecular weight is 280 g/mol. The Morgan fingerprint density at radius 1 is 1.23 bits per heavy atom. The Bertz CT molecular complexity index is 476. The van der Waals surface area contributed by atoms with Gasteiger partial charge in [-0.15, -0.1) is 0 Å². The van der Waals surface area contributed by atoms with Gasteiger partial charge in [-0.2, -0.15) is 0 Å². The van der Waals surface area contributed by atoms with Gasteiger partial charge >= 0.3 is 0 Å². The van der Waals surface area contributed by atoms with Crippen molar-refractivity contribution < 1.29 is 4.42 Å². The van der Waals surface area contributed by atoms with E-state index in [-0.39, 0.29) is 0 Å². The fourth-order valence-corrected chi connectivity index (χ4v) is 2.15. The third-order valence-corrected chi connectivity index (χ3v) is 3.43. The summed E-state index contributed by atoms with van der Waals surface area (Å²) in [6, 6.07) is 3.57. The summed E-state index contributed by atoms with van der Waals surface area (Å²) >= 11 is 15.3. The molecule has 2 rings (SSSR count). The van der Waals surface area contributed by atoms with Crippen LogP contribution in [0.15, 0.2) is 21.0 Å². The van der Waals surface area contributed by atoms with Crippen molar-refractivity contribution in [2.45, 2.75) is 6.92 Å². The number of aryl methyl sites for hydroxylation is 1. The fraction of sp³-hybridized carbons (Fsp3) is 0.111. The van der Waals surface area contributed by atoms with E-state index in [0.29, 0.717) is 15.6 Å². The molecule has 13 heavy (non-hydrogen) atoms. The number of furan rings is 1. The molecular weight excluding hydrogens is 275 g/mol. The zero-order chi connectivity index (χ0) is 9.59. The SMILES string of the molecule is Cc1cc2c(Br)c(Cl)cc(Cl)c2o1. The quantitative estimate of drug-likeness (QED) is 0.631. The van der Waals surface area contributed by atoms with Crippen molar-refractivity contribution in [2.24, 2.45) is 0 Å². The van der Waals surface area contributed by atoms with Gasteiger partial charge in [0.05, 0.1) is 10.0 Å². The fourth-order valence-electron chi connectivity index (χ4n) is 1.22. The minimum absolute atomic E-state index is 0.538. The average Bonchev–Trinajstić information content (AvgIpc) is 2.44. The zero-order valence-electron chi connectivity index (χ0n) is 6.70. The number of hydrogen-bond acceptors (Lipinski definition) is 1. The Morgan fingerprint density at radius 2 is 1.92 bits per heavy atom. The summed E-state index contributed by atoms with van der Waals surface area (Å²) < 4.78 is 6.24.